The molecule has 138 valence electrons. The molecule has 2 aromatic carbocycles. The number of nitrogens with one attached hydrogen (secondary N) is 1. The topological polar surface area (TPSA) is 49.0 Å². The summed E-state index contributed by atoms with van der Waals surface area (Å²) in [6, 6.07) is 7.86. The first-order valence-corrected chi connectivity index (χ1v) is 9.34. The van der Waals surface area contributed by atoms with Gasteiger partial charge in [-0.2, -0.15) is 0 Å². The van der Waals surface area contributed by atoms with Gasteiger partial charge >= 0.3 is 0 Å². The molecular weight excluding hydrogens is 348 g/mol. The molecule has 4 nitrogen and oxygen atoms in total. The lowest BCUT2D eigenvalue weighted by Crippen LogP contribution is -2.49. The number of carbonyl (C=O) groups excluding carboxylic acids is 1. The number of hydrogen-bond acceptors (Lipinski definition) is 2. The van der Waals surface area contributed by atoms with Crippen molar-refractivity contribution in [3.05, 3.63) is 65.0 Å². The zero-order chi connectivity index (χ0) is 18.5. The van der Waals surface area contributed by atoms with Crippen LogP contribution in [0, 0.1) is 11.6 Å². The number of fused-ring (bicyclic) bond motifs is 4. The number of nitrogens with zero attached hydrogens (tertiary/aromatic N) is 2. The summed E-state index contributed by atoms with van der Waals surface area (Å²) in [5.74, 6) is -1.04. The molecule has 5 rings (SSSR count). The number of H-pyrrole nitrogens is 1. The van der Waals surface area contributed by atoms with Crippen LogP contribution in [0.25, 0.3) is 11.0 Å². The Balaban J connectivity index is 1.50. The van der Waals surface area contributed by atoms with Crippen molar-refractivity contribution in [1.29, 1.82) is 0 Å². The third-order valence-corrected chi connectivity index (χ3v) is 5.99. The zero-order valence-corrected chi connectivity index (χ0v) is 14.7. The van der Waals surface area contributed by atoms with Crippen molar-refractivity contribution in [1.82, 2.24) is 14.9 Å². The molecule has 1 saturated heterocycles. The van der Waals surface area contributed by atoms with E-state index in [1.54, 1.807) is 12.4 Å². The molecule has 0 radical (unpaired) electrons. The maximum atomic E-state index is 14.2. The second-order valence-corrected chi connectivity index (χ2v) is 7.44. The number of aromatic nitrogens is 2. The average molecular weight is 367 g/mol. The van der Waals surface area contributed by atoms with Crippen LogP contribution < -0.4 is 0 Å². The number of likely N-dealkylation sites (tertiary alicyclic amines) is 1. The summed E-state index contributed by atoms with van der Waals surface area (Å²) < 4.78 is 28.0. The van der Waals surface area contributed by atoms with Gasteiger partial charge in [-0.15, -0.1) is 0 Å². The number of amides is 1. The van der Waals surface area contributed by atoms with Gasteiger partial charge in [0.15, 0.2) is 0 Å². The molecule has 0 unspecified atom stereocenters. The van der Waals surface area contributed by atoms with E-state index in [1.165, 1.54) is 6.07 Å². The van der Waals surface area contributed by atoms with Gasteiger partial charge in [0.25, 0.3) is 5.91 Å². The van der Waals surface area contributed by atoms with Crippen LogP contribution in [0.3, 0.4) is 0 Å². The summed E-state index contributed by atoms with van der Waals surface area (Å²) in [6.07, 6.45) is 4.53. The van der Waals surface area contributed by atoms with Gasteiger partial charge in [-0.05, 0) is 61.1 Å². The van der Waals surface area contributed by atoms with E-state index in [4.69, 9.17) is 0 Å². The number of rotatable bonds is 1. The molecule has 1 fully saturated rings. The van der Waals surface area contributed by atoms with E-state index in [2.05, 4.69) is 9.97 Å². The van der Waals surface area contributed by atoms with Crippen LogP contribution in [0.1, 0.15) is 46.7 Å². The minimum Gasteiger partial charge on any atom is -0.345 e. The van der Waals surface area contributed by atoms with Crippen molar-refractivity contribution in [3.63, 3.8) is 0 Å². The average Bonchev–Trinajstić information content (AvgIpc) is 3.14. The van der Waals surface area contributed by atoms with Crippen molar-refractivity contribution >= 4 is 16.9 Å². The molecule has 1 aliphatic heterocycles. The highest BCUT2D eigenvalue weighted by Crippen LogP contribution is 2.42. The third-order valence-electron chi connectivity index (χ3n) is 5.99. The van der Waals surface area contributed by atoms with E-state index < -0.39 is 11.6 Å². The first kappa shape index (κ1) is 16.4. The van der Waals surface area contributed by atoms with E-state index in [-0.39, 0.29) is 17.9 Å². The van der Waals surface area contributed by atoms with Crippen LogP contribution >= 0.6 is 0 Å². The van der Waals surface area contributed by atoms with Crippen molar-refractivity contribution in [2.24, 2.45) is 0 Å². The summed E-state index contributed by atoms with van der Waals surface area (Å²) >= 11 is 0. The largest absolute Gasteiger partial charge is 0.345 e. The van der Waals surface area contributed by atoms with E-state index in [9.17, 15) is 13.6 Å². The summed E-state index contributed by atoms with van der Waals surface area (Å²) in [5.41, 5.74) is 3.62. The highest BCUT2D eigenvalue weighted by atomic mass is 19.1. The monoisotopic (exact) mass is 367 g/mol. The Hall–Kier alpha value is -2.76. The van der Waals surface area contributed by atoms with Crippen LogP contribution in [0.2, 0.25) is 0 Å². The SMILES string of the molecule is O=C(c1ccc2nc[nH]c2c1)N1CCC[C@@H]2c3cc(F)cc(F)c3CC[C@H]21. The summed E-state index contributed by atoms with van der Waals surface area (Å²) in [5, 5.41) is 0. The van der Waals surface area contributed by atoms with Crippen molar-refractivity contribution < 1.29 is 13.6 Å². The van der Waals surface area contributed by atoms with Crippen molar-refractivity contribution in [2.75, 3.05) is 6.54 Å². The quantitative estimate of drug-likeness (QED) is 0.702. The summed E-state index contributed by atoms with van der Waals surface area (Å²) in [4.78, 5) is 22.3. The third kappa shape index (κ3) is 2.62. The highest BCUT2D eigenvalue weighted by molar-refractivity contribution is 5.97. The first-order valence-electron chi connectivity index (χ1n) is 9.34. The molecule has 1 N–H and O–H groups in total. The molecule has 27 heavy (non-hydrogen) atoms. The molecule has 2 atom stereocenters. The van der Waals surface area contributed by atoms with Crippen LogP contribution in [-0.2, 0) is 6.42 Å². The molecule has 1 aromatic heterocycles. The van der Waals surface area contributed by atoms with Crippen LogP contribution in [0.4, 0.5) is 8.78 Å². The summed E-state index contributed by atoms with van der Waals surface area (Å²) in [6.45, 7) is 0.675. The van der Waals surface area contributed by atoms with Crippen molar-refractivity contribution in [3.8, 4) is 0 Å². The number of benzene rings is 2. The maximum absolute atomic E-state index is 14.2. The molecule has 0 spiro atoms. The maximum Gasteiger partial charge on any atom is 0.254 e. The van der Waals surface area contributed by atoms with Crippen LogP contribution in [0.15, 0.2) is 36.7 Å². The Morgan fingerprint density at radius 2 is 2.07 bits per heavy atom. The van der Waals surface area contributed by atoms with Gasteiger partial charge < -0.3 is 9.88 Å². The zero-order valence-electron chi connectivity index (χ0n) is 14.7. The minimum absolute atomic E-state index is 0.00691. The van der Waals surface area contributed by atoms with Gasteiger partial charge in [0, 0.05) is 30.1 Å². The Labute approximate surface area is 155 Å². The molecule has 1 amide bonds. The summed E-state index contributed by atoms with van der Waals surface area (Å²) in [7, 11) is 0. The Bertz CT molecular complexity index is 1050. The molecule has 6 heteroatoms. The number of hydrogen-bond donors (Lipinski definition) is 1. The minimum atomic E-state index is -0.542. The Morgan fingerprint density at radius 1 is 1.19 bits per heavy atom. The Morgan fingerprint density at radius 3 is 2.96 bits per heavy atom. The predicted octanol–water partition coefficient (Wildman–Crippen LogP) is 4.18. The van der Waals surface area contributed by atoms with Gasteiger partial charge in [-0.25, -0.2) is 13.8 Å². The molecule has 1 aliphatic carbocycles. The Kier molecular flexibility index (Phi) is 3.74. The molecule has 0 saturated carbocycles. The van der Waals surface area contributed by atoms with Crippen LogP contribution in [-0.4, -0.2) is 33.4 Å². The molecule has 3 aromatic rings. The van der Waals surface area contributed by atoms with E-state index >= 15 is 0 Å². The standard InChI is InChI=1S/C21H19F2N3O/c22-13-9-16-14(17(23)10-13)4-6-20-15(16)2-1-7-26(20)21(27)12-3-5-18-19(8-12)25-11-24-18/h3,5,8-11,15,20H,1-2,4,6-7H2,(H,24,25)/t15-,20-/m1/s1. The number of piperidine rings is 1. The van der Waals surface area contributed by atoms with Gasteiger partial charge in [0.05, 0.1) is 17.4 Å². The smallest absolute Gasteiger partial charge is 0.254 e. The van der Waals surface area contributed by atoms with Gasteiger partial charge in [-0.3, -0.25) is 4.79 Å². The fourth-order valence-electron chi connectivity index (χ4n) is 4.77. The number of imidazole rings is 1. The van der Waals surface area contributed by atoms with Gasteiger partial charge in [0.2, 0.25) is 0 Å². The molecule has 2 aliphatic rings. The van der Waals surface area contributed by atoms with Crippen LogP contribution in [0.5, 0.6) is 0 Å². The second-order valence-electron chi connectivity index (χ2n) is 7.44. The first-order chi connectivity index (χ1) is 13.1. The lowest BCUT2D eigenvalue weighted by Gasteiger charge is -2.45. The number of halogens is 2. The van der Waals surface area contributed by atoms with E-state index in [1.807, 2.05) is 17.0 Å². The highest BCUT2D eigenvalue weighted by Gasteiger charge is 2.39. The number of aromatic amines is 1. The second kappa shape index (κ2) is 6.15. The lowest BCUT2D eigenvalue weighted by atomic mass is 9.74. The lowest BCUT2D eigenvalue weighted by molar-refractivity contribution is 0.0545. The van der Waals surface area contributed by atoms with E-state index in [0.29, 0.717) is 30.5 Å². The predicted molar refractivity (Wildman–Crippen MR) is 97.6 cm³/mol. The fraction of sp³-hybridized carbons (Fsp3) is 0.333. The van der Waals surface area contributed by atoms with Gasteiger partial charge in [-0.1, -0.05) is 0 Å². The fourth-order valence-corrected chi connectivity index (χ4v) is 4.77. The van der Waals surface area contributed by atoms with E-state index in [0.717, 1.165) is 35.5 Å². The van der Waals surface area contributed by atoms with Crippen molar-refractivity contribution in [2.45, 2.75) is 37.6 Å². The molecule has 2 heterocycles. The normalized spacial score (nSPS) is 21.8. The molecular formula is C21H19F2N3O. The van der Waals surface area contributed by atoms with Gasteiger partial charge in [0.1, 0.15) is 11.6 Å². The molecule has 0 bridgehead atoms. The number of carbonyl (C=O) groups is 1.